The Labute approximate surface area is 147 Å². The first-order valence-corrected chi connectivity index (χ1v) is 8.47. The Balaban J connectivity index is 1.56. The number of pyridine rings is 1. The molecule has 0 aliphatic heterocycles. The van der Waals surface area contributed by atoms with Crippen LogP contribution < -0.4 is 5.32 Å². The number of thiazole rings is 1. The zero-order valence-corrected chi connectivity index (χ0v) is 14.1. The van der Waals surface area contributed by atoms with Crippen molar-refractivity contribution in [2.75, 3.05) is 5.32 Å². The second-order valence-electron chi connectivity index (χ2n) is 5.04. The van der Waals surface area contributed by atoms with E-state index in [-0.39, 0.29) is 17.4 Å². The molecule has 0 atom stereocenters. The molecule has 2 heterocycles. The lowest BCUT2D eigenvalue weighted by Crippen LogP contribution is -2.12. The number of benzene rings is 1. The van der Waals surface area contributed by atoms with Crippen LogP contribution in [-0.4, -0.2) is 15.9 Å². The van der Waals surface area contributed by atoms with Crippen LogP contribution in [0, 0.1) is 5.82 Å². The highest BCUT2D eigenvalue weighted by atomic mass is 35.5. The molecule has 0 fully saturated rings. The molecule has 0 saturated heterocycles. The topological polar surface area (TPSA) is 54.9 Å². The van der Waals surface area contributed by atoms with Crippen molar-refractivity contribution in [3.8, 4) is 11.3 Å². The smallest absolute Gasteiger partial charge is 0.224 e. The number of halogens is 2. The number of hydrogen-bond donors (Lipinski definition) is 1. The maximum Gasteiger partial charge on any atom is 0.224 e. The SMILES string of the molecule is O=C(CCc1nc(-c2ccncc2)cs1)Nc1ccc(F)c(Cl)c1. The van der Waals surface area contributed by atoms with Crippen molar-refractivity contribution in [3.05, 3.63) is 64.0 Å². The van der Waals surface area contributed by atoms with Gasteiger partial charge >= 0.3 is 0 Å². The highest BCUT2D eigenvalue weighted by molar-refractivity contribution is 7.09. The molecular formula is C17H13ClFN3OS. The first kappa shape index (κ1) is 16.5. The lowest BCUT2D eigenvalue weighted by atomic mass is 10.2. The average Bonchev–Trinajstić information content (AvgIpc) is 3.06. The minimum atomic E-state index is -0.513. The molecule has 0 saturated carbocycles. The van der Waals surface area contributed by atoms with E-state index in [9.17, 15) is 9.18 Å². The molecule has 0 spiro atoms. The molecule has 2 aromatic heterocycles. The first-order chi connectivity index (χ1) is 11.6. The van der Waals surface area contributed by atoms with Crippen LogP contribution in [-0.2, 0) is 11.2 Å². The molecule has 3 rings (SSSR count). The summed E-state index contributed by atoms with van der Waals surface area (Å²) in [5.74, 6) is -0.681. The molecule has 122 valence electrons. The number of rotatable bonds is 5. The van der Waals surface area contributed by atoms with Crippen molar-refractivity contribution >= 4 is 34.5 Å². The van der Waals surface area contributed by atoms with Gasteiger partial charge in [-0.3, -0.25) is 9.78 Å². The third-order valence-corrected chi connectivity index (χ3v) is 4.50. The van der Waals surface area contributed by atoms with Gasteiger partial charge in [0.1, 0.15) is 5.82 Å². The molecule has 1 aromatic carbocycles. The minimum Gasteiger partial charge on any atom is -0.326 e. The van der Waals surface area contributed by atoms with Gasteiger partial charge in [0.2, 0.25) is 5.91 Å². The largest absolute Gasteiger partial charge is 0.326 e. The van der Waals surface area contributed by atoms with E-state index in [1.165, 1.54) is 29.5 Å². The van der Waals surface area contributed by atoms with Crippen LogP contribution in [0.5, 0.6) is 0 Å². The summed E-state index contributed by atoms with van der Waals surface area (Å²) in [4.78, 5) is 20.5. The first-order valence-electron chi connectivity index (χ1n) is 7.21. The number of aromatic nitrogens is 2. The standard InChI is InChI=1S/C17H13ClFN3OS/c18-13-9-12(1-2-14(13)19)21-16(23)3-4-17-22-15(10-24-17)11-5-7-20-8-6-11/h1-2,5-10H,3-4H2,(H,21,23). The molecule has 0 radical (unpaired) electrons. The number of anilines is 1. The van der Waals surface area contributed by atoms with E-state index in [4.69, 9.17) is 11.6 Å². The summed E-state index contributed by atoms with van der Waals surface area (Å²) in [6.45, 7) is 0. The van der Waals surface area contributed by atoms with E-state index in [2.05, 4.69) is 15.3 Å². The molecule has 0 bridgehead atoms. The number of aryl methyl sites for hydroxylation is 1. The predicted octanol–water partition coefficient (Wildman–Crippen LogP) is 4.57. The summed E-state index contributed by atoms with van der Waals surface area (Å²) in [6, 6.07) is 7.87. The summed E-state index contributed by atoms with van der Waals surface area (Å²) in [5.41, 5.74) is 2.35. The van der Waals surface area contributed by atoms with Crippen molar-refractivity contribution in [1.29, 1.82) is 0 Å². The Morgan fingerprint density at radius 3 is 2.79 bits per heavy atom. The van der Waals surface area contributed by atoms with E-state index in [0.717, 1.165) is 16.3 Å². The lowest BCUT2D eigenvalue weighted by Gasteiger charge is -2.05. The van der Waals surface area contributed by atoms with E-state index in [1.807, 2.05) is 17.5 Å². The Kier molecular flexibility index (Phi) is 5.17. The minimum absolute atomic E-state index is 0.0188. The van der Waals surface area contributed by atoms with E-state index >= 15 is 0 Å². The molecule has 0 unspecified atom stereocenters. The molecule has 3 aromatic rings. The van der Waals surface area contributed by atoms with Gasteiger partial charge in [-0.1, -0.05) is 11.6 Å². The Morgan fingerprint density at radius 2 is 2.04 bits per heavy atom. The van der Waals surface area contributed by atoms with E-state index < -0.39 is 5.82 Å². The van der Waals surface area contributed by atoms with Crippen LogP contribution in [0.4, 0.5) is 10.1 Å². The molecule has 1 N–H and O–H groups in total. The predicted molar refractivity (Wildman–Crippen MR) is 93.7 cm³/mol. The monoisotopic (exact) mass is 361 g/mol. The second kappa shape index (κ2) is 7.51. The van der Waals surface area contributed by atoms with Gasteiger partial charge in [0.15, 0.2) is 0 Å². The fourth-order valence-corrected chi connectivity index (χ4v) is 3.09. The number of carbonyl (C=O) groups excluding carboxylic acids is 1. The Morgan fingerprint density at radius 1 is 1.25 bits per heavy atom. The average molecular weight is 362 g/mol. The number of nitrogens with zero attached hydrogens (tertiary/aromatic N) is 2. The zero-order chi connectivity index (χ0) is 16.9. The van der Waals surface area contributed by atoms with Crippen LogP contribution in [0.25, 0.3) is 11.3 Å². The van der Waals surface area contributed by atoms with Gasteiger partial charge in [-0.05, 0) is 30.3 Å². The van der Waals surface area contributed by atoms with E-state index in [0.29, 0.717) is 12.1 Å². The van der Waals surface area contributed by atoms with Crippen LogP contribution in [0.1, 0.15) is 11.4 Å². The summed E-state index contributed by atoms with van der Waals surface area (Å²) in [6.07, 6.45) is 4.26. The third-order valence-electron chi connectivity index (χ3n) is 3.30. The quantitative estimate of drug-likeness (QED) is 0.724. The normalized spacial score (nSPS) is 10.6. The molecule has 4 nitrogen and oxygen atoms in total. The summed E-state index contributed by atoms with van der Waals surface area (Å²) in [7, 11) is 0. The molecule has 0 aliphatic carbocycles. The molecule has 7 heteroatoms. The molecule has 1 amide bonds. The van der Waals surface area contributed by atoms with Crippen LogP contribution in [0.3, 0.4) is 0 Å². The molecule has 0 aliphatic rings. The van der Waals surface area contributed by atoms with Gasteiger partial charge in [-0.2, -0.15) is 0 Å². The highest BCUT2D eigenvalue weighted by Crippen LogP contribution is 2.22. The van der Waals surface area contributed by atoms with E-state index in [1.54, 1.807) is 12.4 Å². The maximum atomic E-state index is 13.1. The van der Waals surface area contributed by atoms with Gasteiger partial charge in [-0.15, -0.1) is 11.3 Å². The number of carbonyl (C=O) groups is 1. The van der Waals surface area contributed by atoms with Gasteiger partial charge in [-0.25, -0.2) is 9.37 Å². The lowest BCUT2D eigenvalue weighted by molar-refractivity contribution is -0.116. The van der Waals surface area contributed by atoms with Gasteiger partial charge in [0.25, 0.3) is 0 Å². The van der Waals surface area contributed by atoms with Crippen molar-refractivity contribution < 1.29 is 9.18 Å². The van der Waals surface area contributed by atoms with Crippen LogP contribution in [0.15, 0.2) is 48.1 Å². The number of nitrogens with one attached hydrogen (secondary N) is 1. The fraction of sp³-hybridized carbons (Fsp3) is 0.118. The van der Waals surface area contributed by atoms with Crippen molar-refractivity contribution in [2.45, 2.75) is 12.8 Å². The number of hydrogen-bond acceptors (Lipinski definition) is 4. The Bertz CT molecular complexity index is 854. The third kappa shape index (κ3) is 4.15. The summed E-state index contributed by atoms with van der Waals surface area (Å²) < 4.78 is 13.1. The van der Waals surface area contributed by atoms with Gasteiger partial charge in [0, 0.05) is 41.9 Å². The maximum absolute atomic E-state index is 13.1. The molecule has 24 heavy (non-hydrogen) atoms. The highest BCUT2D eigenvalue weighted by Gasteiger charge is 2.09. The van der Waals surface area contributed by atoms with Crippen LogP contribution >= 0.6 is 22.9 Å². The Hall–Kier alpha value is -2.31. The van der Waals surface area contributed by atoms with Crippen molar-refractivity contribution in [3.63, 3.8) is 0 Å². The summed E-state index contributed by atoms with van der Waals surface area (Å²) >= 11 is 7.21. The van der Waals surface area contributed by atoms with Gasteiger partial charge < -0.3 is 5.32 Å². The number of amides is 1. The zero-order valence-electron chi connectivity index (χ0n) is 12.5. The molecular weight excluding hydrogens is 349 g/mol. The summed E-state index contributed by atoms with van der Waals surface area (Å²) in [5, 5.41) is 5.52. The second-order valence-corrected chi connectivity index (χ2v) is 6.39. The van der Waals surface area contributed by atoms with Gasteiger partial charge in [0.05, 0.1) is 15.7 Å². The van der Waals surface area contributed by atoms with Crippen LogP contribution in [0.2, 0.25) is 5.02 Å². The fourth-order valence-electron chi connectivity index (χ4n) is 2.10. The van der Waals surface area contributed by atoms with Crippen molar-refractivity contribution in [2.24, 2.45) is 0 Å². The van der Waals surface area contributed by atoms with Crippen molar-refractivity contribution in [1.82, 2.24) is 9.97 Å².